The van der Waals surface area contributed by atoms with E-state index in [0.29, 0.717) is 17.0 Å². The molecule has 0 amide bonds. The first-order chi connectivity index (χ1) is 11.5. The summed E-state index contributed by atoms with van der Waals surface area (Å²) in [7, 11) is 0. The van der Waals surface area contributed by atoms with Gasteiger partial charge in [-0.15, -0.1) is 0 Å². The van der Waals surface area contributed by atoms with Crippen LogP contribution >= 0.6 is 0 Å². The second-order valence-electron chi connectivity index (χ2n) is 5.36. The van der Waals surface area contributed by atoms with Crippen molar-refractivity contribution in [3.63, 3.8) is 0 Å². The van der Waals surface area contributed by atoms with Crippen LogP contribution in [-0.2, 0) is 6.54 Å². The lowest BCUT2D eigenvalue weighted by atomic mass is 10.1. The molecule has 3 rings (SSSR count). The standard InChI is InChI=1S/C17H14N4O3/c1-12-5-7-13(8-6-12)16(22)10-20-11-18-17(19-20)14-3-2-4-15(9-14)21(23)24/h2-9,11H,10H2,1H3. The normalized spacial score (nSPS) is 10.5. The highest BCUT2D eigenvalue weighted by Crippen LogP contribution is 2.20. The number of nitrogens with zero attached hydrogens (tertiary/aromatic N) is 4. The summed E-state index contributed by atoms with van der Waals surface area (Å²) in [4.78, 5) is 26.7. The third-order valence-corrected chi connectivity index (χ3v) is 3.53. The molecule has 120 valence electrons. The molecule has 0 aliphatic rings. The molecule has 0 bridgehead atoms. The Balaban J connectivity index is 1.78. The number of hydrogen-bond acceptors (Lipinski definition) is 5. The number of Topliss-reactive ketones (excluding diaryl/α,β-unsaturated/α-hetero) is 1. The molecular formula is C17H14N4O3. The van der Waals surface area contributed by atoms with Crippen molar-refractivity contribution in [2.45, 2.75) is 13.5 Å². The lowest BCUT2D eigenvalue weighted by Gasteiger charge is -2.01. The van der Waals surface area contributed by atoms with Crippen LogP contribution in [0.15, 0.2) is 54.9 Å². The number of ketones is 1. The van der Waals surface area contributed by atoms with E-state index in [9.17, 15) is 14.9 Å². The van der Waals surface area contributed by atoms with E-state index in [-0.39, 0.29) is 18.0 Å². The van der Waals surface area contributed by atoms with E-state index in [1.165, 1.54) is 23.1 Å². The van der Waals surface area contributed by atoms with Crippen LogP contribution in [0.4, 0.5) is 5.69 Å². The van der Waals surface area contributed by atoms with Crippen molar-refractivity contribution in [1.29, 1.82) is 0 Å². The van der Waals surface area contributed by atoms with E-state index in [2.05, 4.69) is 10.1 Å². The molecule has 0 atom stereocenters. The topological polar surface area (TPSA) is 90.9 Å². The molecule has 0 fully saturated rings. The molecule has 0 saturated heterocycles. The van der Waals surface area contributed by atoms with Crippen molar-refractivity contribution in [2.24, 2.45) is 0 Å². The molecule has 0 saturated carbocycles. The van der Waals surface area contributed by atoms with Crippen molar-refractivity contribution in [3.8, 4) is 11.4 Å². The highest BCUT2D eigenvalue weighted by molar-refractivity contribution is 5.95. The summed E-state index contributed by atoms with van der Waals surface area (Å²) in [6.45, 7) is 2.02. The molecule has 3 aromatic rings. The van der Waals surface area contributed by atoms with Gasteiger partial charge >= 0.3 is 0 Å². The van der Waals surface area contributed by atoms with Crippen molar-refractivity contribution in [3.05, 3.63) is 76.1 Å². The first-order valence-corrected chi connectivity index (χ1v) is 7.27. The van der Waals surface area contributed by atoms with Crippen LogP contribution in [0.3, 0.4) is 0 Å². The molecule has 2 aromatic carbocycles. The van der Waals surface area contributed by atoms with Gasteiger partial charge < -0.3 is 0 Å². The number of aryl methyl sites for hydroxylation is 1. The molecule has 0 aliphatic heterocycles. The van der Waals surface area contributed by atoms with Gasteiger partial charge in [-0.25, -0.2) is 9.67 Å². The molecule has 0 unspecified atom stereocenters. The smallest absolute Gasteiger partial charge is 0.270 e. The highest BCUT2D eigenvalue weighted by atomic mass is 16.6. The summed E-state index contributed by atoms with van der Waals surface area (Å²) >= 11 is 0. The molecule has 7 nitrogen and oxygen atoms in total. The van der Waals surface area contributed by atoms with Crippen LogP contribution in [0.2, 0.25) is 0 Å². The summed E-state index contributed by atoms with van der Waals surface area (Å²) < 4.78 is 1.43. The molecule has 0 spiro atoms. The Morgan fingerprint density at radius 1 is 1.21 bits per heavy atom. The van der Waals surface area contributed by atoms with Gasteiger partial charge in [0.25, 0.3) is 5.69 Å². The Hall–Kier alpha value is -3.35. The number of aromatic nitrogens is 3. The average molecular weight is 322 g/mol. The zero-order valence-electron chi connectivity index (χ0n) is 12.9. The van der Waals surface area contributed by atoms with Crippen LogP contribution in [0, 0.1) is 17.0 Å². The molecular weight excluding hydrogens is 308 g/mol. The van der Waals surface area contributed by atoms with E-state index in [1.807, 2.05) is 19.1 Å². The quantitative estimate of drug-likeness (QED) is 0.409. The van der Waals surface area contributed by atoms with Crippen LogP contribution < -0.4 is 0 Å². The van der Waals surface area contributed by atoms with E-state index in [0.717, 1.165) is 5.56 Å². The SMILES string of the molecule is Cc1ccc(C(=O)Cn2cnc(-c3cccc([N+](=O)[O-])c3)n2)cc1. The fourth-order valence-corrected chi connectivity index (χ4v) is 2.24. The molecule has 7 heteroatoms. The Morgan fingerprint density at radius 2 is 1.96 bits per heavy atom. The number of benzene rings is 2. The molecule has 0 radical (unpaired) electrons. The maximum Gasteiger partial charge on any atom is 0.270 e. The zero-order valence-corrected chi connectivity index (χ0v) is 12.9. The van der Waals surface area contributed by atoms with Crippen molar-refractivity contribution in [1.82, 2.24) is 14.8 Å². The largest absolute Gasteiger partial charge is 0.292 e. The minimum atomic E-state index is -0.471. The summed E-state index contributed by atoms with van der Waals surface area (Å²) in [5.74, 6) is 0.265. The second-order valence-corrected chi connectivity index (χ2v) is 5.36. The van der Waals surface area contributed by atoms with Gasteiger partial charge in [-0.05, 0) is 6.92 Å². The Labute approximate surface area is 137 Å². The number of non-ortho nitro benzene ring substituents is 1. The zero-order chi connectivity index (χ0) is 17.1. The first-order valence-electron chi connectivity index (χ1n) is 7.27. The van der Waals surface area contributed by atoms with E-state index in [1.54, 1.807) is 24.3 Å². The van der Waals surface area contributed by atoms with Crippen LogP contribution in [0.5, 0.6) is 0 Å². The maximum atomic E-state index is 12.2. The van der Waals surface area contributed by atoms with Gasteiger partial charge in [0.2, 0.25) is 0 Å². The minimum Gasteiger partial charge on any atom is -0.292 e. The number of nitro benzene ring substituents is 1. The number of carbonyl (C=O) groups excluding carboxylic acids is 1. The lowest BCUT2D eigenvalue weighted by molar-refractivity contribution is -0.384. The second kappa shape index (κ2) is 6.41. The molecule has 0 N–H and O–H groups in total. The number of rotatable bonds is 5. The Kier molecular flexibility index (Phi) is 4.15. The number of carbonyl (C=O) groups is 1. The fourth-order valence-electron chi connectivity index (χ4n) is 2.24. The van der Waals surface area contributed by atoms with Gasteiger partial charge in [-0.3, -0.25) is 14.9 Å². The van der Waals surface area contributed by atoms with Gasteiger partial charge in [0.05, 0.1) is 4.92 Å². The third-order valence-electron chi connectivity index (χ3n) is 3.53. The van der Waals surface area contributed by atoms with Gasteiger partial charge in [-0.1, -0.05) is 42.0 Å². The summed E-state index contributed by atoms with van der Waals surface area (Å²) in [5, 5.41) is 15.1. The molecule has 24 heavy (non-hydrogen) atoms. The number of hydrogen-bond donors (Lipinski definition) is 0. The molecule has 1 heterocycles. The van der Waals surface area contributed by atoms with Crippen molar-refractivity contribution in [2.75, 3.05) is 0 Å². The molecule has 1 aromatic heterocycles. The predicted octanol–water partition coefficient (Wildman–Crippen LogP) is 3.04. The Morgan fingerprint density at radius 3 is 2.67 bits per heavy atom. The Bertz CT molecular complexity index is 900. The predicted molar refractivity (Wildman–Crippen MR) is 87.6 cm³/mol. The average Bonchev–Trinajstić information content (AvgIpc) is 3.04. The summed E-state index contributed by atoms with van der Waals surface area (Å²) in [6.07, 6.45) is 1.44. The van der Waals surface area contributed by atoms with E-state index < -0.39 is 4.92 Å². The van der Waals surface area contributed by atoms with Crippen molar-refractivity contribution < 1.29 is 9.72 Å². The van der Waals surface area contributed by atoms with Gasteiger partial charge in [0, 0.05) is 23.3 Å². The van der Waals surface area contributed by atoms with E-state index in [4.69, 9.17) is 0 Å². The lowest BCUT2D eigenvalue weighted by Crippen LogP contribution is -2.11. The fraction of sp³-hybridized carbons (Fsp3) is 0.118. The van der Waals surface area contributed by atoms with Crippen LogP contribution in [0.25, 0.3) is 11.4 Å². The van der Waals surface area contributed by atoms with Crippen molar-refractivity contribution >= 4 is 11.5 Å². The first kappa shape index (κ1) is 15.5. The van der Waals surface area contributed by atoms with Gasteiger partial charge in [-0.2, -0.15) is 5.10 Å². The third kappa shape index (κ3) is 3.35. The monoisotopic (exact) mass is 322 g/mol. The highest BCUT2D eigenvalue weighted by Gasteiger charge is 2.12. The van der Waals surface area contributed by atoms with Gasteiger partial charge in [0.15, 0.2) is 11.6 Å². The van der Waals surface area contributed by atoms with Crippen LogP contribution in [-0.4, -0.2) is 25.5 Å². The number of nitro groups is 1. The maximum absolute atomic E-state index is 12.2. The molecule has 0 aliphatic carbocycles. The summed E-state index contributed by atoms with van der Waals surface area (Å²) in [6, 6.07) is 13.4. The van der Waals surface area contributed by atoms with E-state index >= 15 is 0 Å². The van der Waals surface area contributed by atoms with Gasteiger partial charge in [0.1, 0.15) is 12.9 Å². The minimum absolute atomic E-state index is 0.0282. The summed E-state index contributed by atoms with van der Waals surface area (Å²) in [5.41, 5.74) is 2.19. The van der Waals surface area contributed by atoms with Crippen LogP contribution in [0.1, 0.15) is 15.9 Å².